The molecule has 37 heavy (non-hydrogen) atoms. The van der Waals surface area contributed by atoms with Crippen LogP contribution in [0.15, 0.2) is 65.7 Å². The van der Waals surface area contributed by atoms with E-state index in [1.165, 1.54) is 22.4 Å². The minimum absolute atomic E-state index is 0.0909. The SMILES string of the molecule is CC(CC(=O)N1CCC(O)(Cn2cnc3c(-c4ccc(CN)cc4)snc3c2=O)CC1)c1ccccc1. The third kappa shape index (κ3) is 5.34. The molecule has 2 aromatic heterocycles. The lowest BCUT2D eigenvalue weighted by Gasteiger charge is -2.38. The summed E-state index contributed by atoms with van der Waals surface area (Å²) in [7, 11) is 0. The molecule has 5 rings (SSSR count). The number of aliphatic hydroxyl groups is 1. The number of rotatable bonds is 7. The molecule has 192 valence electrons. The van der Waals surface area contributed by atoms with E-state index in [1.54, 1.807) is 0 Å². The van der Waals surface area contributed by atoms with Crippen molar-refractivity contribution >= 4 is 28.5 Å². The van der Waals surface area contributed by atoms with Crippen LogP contribution >= 0.6 is 11.5 Å². The zero-order valence-electron chi connectivity index (χ0n) is 20.8. The maximum absolute atomic E-state index is 13.2. The average Bonchev–Trinajstić information content (AvgIpc) is 3.36. The fourth-order valence-corrected chi connectivity index (χ4v) is 5.72. The van der Waals surface area contributed by atoms with Crippen LogP contribution in [0.5, 0.6) is 0 Å². The molecular formula is C28H31N5O3S. The van der Waals surface area contributed by atoms with Gasteiger partial charge in [0, 0.05) is 26.1 Å². The van der Waals surface area contributed by atoms with Crippen LogP contribution < -0.4 is 11.3 Å². The molecule has 8 nitrogen and oxygen atoms in total. The summed E-state index contributed by atoms with van der Waals surface area (Å²) in [6, 6.07) is 17.8. The lowest BCUT2D eigenvalue weighted by Crippen LogP contribution is -2.49. The number of nitrogens with zero attached hydrogens (tertiary/aromatic N) is 4. The van der Waals surface area contributed by atoms with Crippen molar-refractivity contribution in [2.24, 2.45) is 5.73 Å². The number of benzene rings is 2. The summed E-state index contributed by atoms with van der Waals surface area (Å²) >= 11 is 1.24. The van der Waals surface area contributed by atoms with Gasteiger partial charge >= 0.3 is 0 Å². The van der Waals surface area contributed by atoms with Gasteiger partial charge < -0.3 is 15.7 Å². The average molecular weight is 518 g/mol. The Morgan fingerprint density at radius 2 is 1.81 bits per heavy atom. The zero-order valence-corrected chi connectivity index (χ0v) is 21.7. The molecule has 3 N–H and O–H groups in total. The largest absolute Gasteiger partial charge is 0.388 e. The minimum atomic E-state index is -1.09. The van der Waals surface area contributed by atoms with E-state index in [-0.39, 0.29) is 23.9 Å². The topological polar surface area (TPSA) is 114 Å². The first-order valence-corrected chi connectivity index (χ1v) is 13.3. The van der Waals surface area contributed by atoms with Gasteiger partial charge in [-0.3, -0.25) is 14.2 Å². The molecule has 1 aliphatic rings. The molecule has 1 atom stereocenters. The van der Waals surface area contributed by atoms with Gasteiger partial charge in [0.15, 0.2) is 5.52 Å². The molecule has 0 spiro atoms. The van der Waals surface area contributed by atoms with Crippen LogP contribution in [0.2, 0.25) is 0 Å². The van der Waals surface area contributed by atoms with E-state index < -0.39 is 5.60 Å². The van der Waals surface area contributed by atoms with E-state index in [1.807, 2.05) is 59.5 Å². The van der Waals surface area contributed by atoms with Gasteiger partial charge in [-0.05, 0) is 47.0 Å². The number of fused-ring (bicyclic) bond motifs is 1. The van der Waals surface area contributed by atoms with Crippen molar-refractivity contribution in [3.63, 3.8) is 0 Å². The third-order valence-electron chi connectivity index (χ3n) is 7.27. The van der Waals surface area contributed by atoms with Gasteiger partial charge in [0.1, 0.15) is 5.52 Å². The van der Waals surface area contributed by atoms with Gasteiger partial charge in [0.2, 0.25) is 5.91 Å². The molecular weight excluding hydrogens is 486 g/mol. The van der Waals surface area contributed by atoms with E-state index in [9.17, 15) is 14.7 Å². The van der Waals surface area contributed by atoms with Gasteiger partial charge in [0.25, 0.3) is 5.56 Å². The molecule has 1 aliphatic heterocycles. The summed E-state index contributed by atoms with van der Waals surface area (Å²) in [4.78, 5) is 33.3. The highest BCUT2D eigenvalue weighted by Crippen LogP contribution is 2.31. The van der Waals surface area contributed by atoms with E-state index in [4.69, 9.17) is 5.73 Å². The van der Waals surface area contributed by atoms with E-state index in [0.29, 0.717) is 49.9 Å². The minimum Gasteiger partial charge on any atom is -0.388 e. The second kappa shape index (κ2) is 10.5. The smallest absolute Gasteiger partial charge is 0.281 e. The number of carbonyl (C=O) groups excluding carboxylic acids is 1. The molecule has 9 heteroatoms. The molecule has 1 amide bonds. The third-order valence-corrected chi connectivity index (χ3v) is 8.16. The molecule has 4 aromatic rings. The van der Waals surface area contributed by atoms with Gasteiger partial charge in [-0.2, -0.15) is 4.37 Å². The van der Waals surface area contributed by atoms with Crippen molar-refractivity contribution in [3.05, 3.63) is 82.4 Å². The molecule has 3 heterocycles. The highest BCUT2D eigenvalue weighted by molar-refractivity contribution is 7.11. The highest BCUT2D eigenvalue weighted by atomic mass is 32.1. The first kappa shape index (κ1) is 25.3. The number of carbonyl (C=O) groups is 1. The Morgan fingerprint density at radius 1 is 1.11 bits per heavy atom. The van der Waals surface area contributed by atoms with Crippen molar-refractivity contribution in [3.8, 4) is 10.4 Å². The Bertz CT molecular complexity index is 1440. The summed E-state index contributed by atoms with van der Waals surface area (Å²) < 4.78 is 5.83. The summed E-state index contributed by atoms with van der Waals surface area (Å²) in [5.41, 5.74) is 8.31. The Morgan fingerprint density at radius 3 is 2.49 bits per heavy atom. The molecule has 0 saturated carbocycles. The second-order valence-electron chi connectivity index (χ2n) is 9.91. The maximum Gasteiger partial charge on any atom is 0.281 e. The first-order valence-electron chi connectivity index (χ1n) is 12.6. The van der Waals surface area contributed by atoms with E-state index in [2.05, 4.69) is 16.3 Å². The summed E-state index contributed by atoms with van der Waals surface area (Å²) in [6.07, 6.45) is 2.73. The van der Waals surface area contributed by atoms with Gasteiger partial charge in [-0.15, -0.1) is 0 Å². The standard InChI is InChI=1S/C28H31N5O3S/c1-19(21-5-3-2-4-6-21)15-23(34)32-13-11-28(36,12-14-32)17-33-18-30-24-25(27(33)35)31-37-26(24)22-9-7-20(16-29)8-10-22/h2-10,18-19,36H,11-17,29H2,1H3. The summed E-state index contributed by atoms with van der Waals surface area (Å²) in [6.45, 7) is 3.56. The van der Waals surface area contributed by atoms with Crippen LogP contribution in [0.4, 0.5) is 0 Å². The Labute approximate surface area is 219 Å². The number of amides is 1. The molecule has 1 unspecified atom stereocenters. The molecule has 0 bridgehead atoms. The number of hydrogen-bond donors (Lipinski definition) is 2. The Balaban J connectivity index is 1.25. The van der Waals surface area contributed by atoms with Crippen molar-refractivity contribution in [1.82, 2.24) is 18.8 Å². The molecule has 1 saturated heterocycles. The van der Waals surface area contributed by atoms with E-state index in [0.717, 1.165) is 21.6 Å². The van der Waals surface area contributed by atoms with Crippen molar-refractivity contribution in [2.75, 3.05) is 13.1 Å². The van der Waals surface area contributed by atoms with Gasteiger partial charge in [-0.25, -0.2) is 4.98 Å². The quantitative estimate of drug-likeness (QED) is 0.388. The fourth-order valence-electron chi connectivity index (χ4n) is 4.89. The monoisotopic (exact) mass is 517 g/mol. The van der Waals surface area contributed by atoms with Crippen LogP contribution in [-0.2, 0) is 17.9 Å². The van der Waals surface area contributed by atoms with Crippen LogP contribution in [0.3, 0.4) is 0 Å². The van der Waals surface area contributed by atoms with Gasteiger partial charge in [-0.1, -0.05) is 61.5 Å². The first-order chi connectivity index (χ1) is 17.9. The Hall–Kier alpha value is -3.40. The normalized spacial score (nSPS) is 16.1. The predicted molar refractivity (Wildman–Crippen MR) is 145 cm³/mol. The molecule has 0 aliphatic carbocycles. The number of hydrogen-bond acceptors (Lipinski definition) is 7. The van der Waals surface area contributed by atoms with Crippen LogP contribution in [0, 0.1) is 0 Å². The number of aromatic nitrogens is 3. The molecule has 0 radical (unpaired) electrons. The number of likely N-dealkylation sites (tertiary alicyclic amines) is 1. The Kier molecular flexibility index (Phi) is 7.19. The fraction of sp³-hybridized carbons (Fsp3) is 0.357. The number of piperidine rings is 1. The van der Waals surface area contributed by atoms with Crippen molar-refractivity contribution in [1.29, 1.82) is 0 Å². The maximum atomic E-state index is 13.2. The lowest BCUT2D eigenvalue weighted by atomic mass is 9.90. The van der Waals surface area contributed by atoms with Crippen LogP contribution in [0.1, 0.15) is 43.2 Å². The van der Waals surface area contributed by atoms with Crippen molar-refractivity contribution in [2.45, 2.75) is 50.8 Å². The lowest BCUT2D eigenvalue weighted by molar-refractivity contribution is -0.136. The summed E-state index contributed by atoms with van der Waals surface area (Å²) in [5, 5.41) is 11.3. The second-order valence-corrected chi connectivity index (χ2v) is 10.7. The van der Waals surface area contributed by atoms with Crippen molar-refractivity contribution < 1.29 is 9.90 Å². The molecule has 1 fully saturated rings. The number of nitrogens with two attached hydrogens (primary N) is 1. The molecule has 2 aromatic carbocycles. The van der Waals surface area contributed by atoms with Crippen LogP contribution in [0.25, 0.3) is 21.5 Å². The highest BCUT2D eigenvalue weighted by Gasteiger charge is 2.35. The van der Waals surface area contributed by atoms with E-state index >= 15 is 0 Å². The predicted octanol–water partition coefficient (Wildman–Crippen LogP) is 3.53. The van der Waals surface area contributed by atoms with Gasteiger partial charge in [0.05, 0.1) is 23.4 Å². The van der Waals surface area contributed by atoms with Crippen LogP contribution in [-0.4, -0.2) is 48.5 Å². The summed E-state index contributed by atoms with van der Waals surface area (Å²) in [5.74, 6) is 0.223. The zero-order chi connectivity index (χ0) is 26.0.